The summed E-state index contributed by atoms with van der Waals surface area (Å²) in [6, 6.07) is 6.26. The minimum absolute atomic E-state index is 0.0443. The summed E-state index contributed by atoms with van der Waals surface area (Å²) in [4.78, 5) is 12.2. The zero-order chi connectivity index (χ0) is 15.2. The fraction of sp³-hybridized carbons (Fsp3) is 0.588. The maximum atomic E-state index is 12.2. The molecule has 0 aromatic heterocycles. The first-order valence-corrected chi connectivity index (χ1v) is 7.98. The van der Waals surface area contributed by atoms with Crippen LogP contribution in [-0.4, -0.2) is 24.6 Å². The third-order valence-corrected chi connectivity index (χ3v) is 4.04. The van der Waals surface area contributed by atoms with E-state index in [1.165, 1.54) is 5.56 Å². The van der Waals surface area contributed by atoms with Crippen molar-refractivity contribution in [2.75, 3.05) is 11.9 Å². The van der Waals surface area contributed by atoms with Crippen molar-refractivity contribution in [1.29, 1.82) is 0 Å². The molecule has 1 amide bonds. The molecule has 1 aromatic carbocycles. The quantitative estimate of drug-likeness (QED) is 0.846. The van der Waals surface area contributed by atoms with Gasteiger partial charge in [0.15, 0.2) is 6.10 Å². The molecule has 1 aliphatic rings. The van der Waals surface area contributed by atoms with E-state index in [1.807, 2.05) is 12.1 Å². The number of carbonyl (C=O) groups excluding carboxylic acids is 1. The molecule has 0 saturated heterocycles. The largest absolute Gasteiger partial charge is 0.479 e. The molecule has 0 saturated carbocycles. The highest BCUT2D eigenvalue weighted by atomic mass is 16.5. The lowest BCUT2D eigenvalue weighted by molar-refractivity contribution is -0.128. The highest BCUT2D eigenvalue weighted by Gasteiger charge is 2.20. The van der Waals surface area contributed by atoms with Gasteiger partial charge in [-0.15, -0.1) is 0 Å². The van der Waals surface area contributed by atoms with Gasteiger partial charge >= 0.3 is 0 Å². The Labute approximate surface area is 127 Å². The van der Waals surface area contributed by atoms with Crippen molar-refractivity contribution in [3.63, 3.8) is 0 Å². The van der Waals surface area contributed by atoms with Crippen molar-refractivity contribution in [1.82, 2.24) is 5.32 Å². The fourth-order valence-corrected chi connectivity index (χ4v) is 2.63. The number of aryl methyl sites for hydroxylation is 1. The van der Waals surface area contributed by atoms with E-state index in [-0.39, 0.29) is 11.9 Å². The number of nitrogens with one attached hydrogen (secondary N) is 2. The Morgan fingerprint density at radius 1 is 1.38 bits per heavy atom. The van der Waals surface area contributed by atoms with Gasteiger partial charge in [0.25, 0.3) is 5.91 Å². The Balaban J connectivity index is 2.02. The van der Waals surface area contributed by atoms with Crippen LogP contribution in [0, 0.1) is 0 Å². The smallest absolute Gasteiger partial charge is 0.260 e. The number of ether oxygens (including phenoxy) is 1. The topological polar surface area (TPSA) is 50.4 Å². The Morgan fingerprint density at radius 2 is 2.14 bits per heavy atom. The van der Waals surface area contributed by atoms with E-state index in [0.717, 1.165) is 43.7 Å². The molecule has 0 aliphatic carbocycles. The van der Waals surface area contributed by atoms with E-state index in [2.05, 4.69) is 30.5 Å². The number of benzene rings is 1. The average molecular weight is 290 g/mol. The number of anilines is 1. The highest BCUT2D eigenvalue weighted by molar-refractivity contribution is 5.81. The molecule has 21 heavy (non-hydrogen) atoms. The summed E-state index contributed by atoms with van der Waals surface area (Å²) in [5.74, 6) is 0.733. The van der Waals surface area contributed by atoms with Crippen LogP contribution in [0.1, 0.15) is 45.6 Å². The minimum atomic E-state index is -0.485. The Morgan fingerprint density at radius 3 is 2.86 bits per heavy atom. The van der Waals surface area contributed by atoms with Crippen LogP contribution in [0.2, 0.25) is 0 Å². The number of carbonyl (C=O) groups is 1. The van der Waals surface area contributed by atoms with Crippen LogP contribution in [0.15, 0.2) is 18.2 Å². The van der Waals surface area contributed by atoms with Crippen LogP contribution in [0.5, 0.6) is 5.75 Å². The van der Waals surface area contributed by atoms with Crippen LogP contribution < -0.4 is 15.4 Å². The molecular formula is C17H26N2O2. The maximum Gasteiger partial charge on any atom is 0.260 e. The average Bonchev–Trinajstić information content (AvgIpc) is 2.52. The van der Waals surface area contributed by atoms with Crippen LogP contribution in [-0.2, 0) is 11.2 Å². The zero-order valence-corrected chi connectivity index (χ0v) is 13.2. The molecule has 1 aliphatic heterocycles. The van der Waals surface area contributed by atoms with Gasteiger partial charge in [0.1, 0.15) is 5.75 Å². The van der Waals surface area contributed by atoms with E-state index in [0.29, 0.717) is 0 Å². The number of para-hydroxylation sites is 1. The maximum absolute atomic E-state index is 12.2. The predicted molar refractivity (Wildman–Crippen MR) is 85.9 cm³/mol. The van der Waals surface area contributed by atoms with E-state index in [1.54, 1.807) is 6.92 Å². The van der Waals surface area contributed by atoms with E-state index in [4.69, 9.17) is 4.74 Å². The molecule has 1 aromatic rings. The number of rotatable bonds is 6. The third-order valence-electron chi connectivity index (χ3n) is 4.04. The molecule has 1 heterocycles. The SMILES string of the molecule is CCC(CC)NC(=O)C(C)Oc1cccc2c1NCCC2. The number of fused-ring (bicyclic) bond motifs is 1. The fourth-order valence-electron chi connectivity index (χ4n) is 2.63. The highest BCUT2D eigenvalue weighted by Crippen LogP contribution is 2.32. The first-order valence-electron chi connectivity index (χ1n) is 7.98. The third kappa shape index (κ3) is 3.90. The zero-order valence-electron chi connectivity index (χ0n) is 13.2. The molecule has 0 radical (unpaired) electrons. The van der Waals surface area contributed by atoms with Crippen molar-refractivity contribution in [2.45, 2.75) is 58.6 Å². The lowest BCUT2D eigenvalue weighted by atomic mass is 10.0. The molecule has 2 rings (SSSR count). The van der Waals surface area contributed by atoms with Crippen molar-refractivity contribution in [3.8, 4) is 5.75 Å². The van der Waals surface area contributed by atoms with Crippen molar-refractivity contribution in [3.05, 3.63) is 23.8 Å². The summed E-state index contributed by atoms with van der Waals surface area (Å²) >= 11 is 0. The Hall–Kier alpha value is -1.71. The first-order chi connectivity index (χ1) is 10.2. The number of hydrogen-bond acceptors (Lipinski definition) is 3. The van der Waals surface area contributed by atoms with E-state index in [9.17, 15) is 4.79 Å². The molecule has 4 nitrogen and oxygen atoms in total. The van der Waals surface area contributed by atoms with Gasteiger partial charge in [-0.25, -0.2) is 0 Å². The van der Waals surface area contributed by atoms with Crippen molar-refractivity contribution >= 4 is 11.6 Å². The molecule has 1 unspecified atom stereocenters. The number of amides is 1. The van der Waals surface area contributed by atoms with Gasteiger partial charge < -0.3 is 15.4 Å². The first kappa shape index (κ1) is 15.7. The summed E-state index contributed by atoms with van der Waals surface area (Å²) in [5, 5.41) is 6.41. The monoisotopic (exact) mass is 290 g/mol. The molecule has 0 bridgehead atoms. The second-order valence-corrected chi connectivity index (χ2v) is 5.60. The summed E-state index contributed by atoms with van der Waals surface area (Å²) in [7, 11) is 0. The molecule has 2 N–H and O–H groups in total. The van der Waals surface area contributed by atoms with Crippen LogP contribution in [0.25, 0.3) is 0 Å². The Bertz CT molecular complexity index is 484. The summed E-state index contributed by atoms with van der Waals surface area (Å²) in [5.41, 5.74) is 2.32. The van der Waals surface area contributed by atoms with Gasteiger partial charge in [0.05, 0.1) is 5.69 Å². The normalized spacial score (nSPS) is 15.0. The van der Waals surface area contributed by atoms with Crippen LogP contribution in [0.3, 0.4) is 0 Å². The van der Waals surface area contributed by atoms with Crippen LogP contribution in [0.4, 0.5) is 5.69 Å². The van der Waals surface area contributed by atoms with Gasteiger partial charge in [0, 0.05) is 12.6 Å². The molecule has 1 atom stereocenters. The molecule has 4 heteroatoms. The van der Waals surface area contributed by atoms with Gasteiger partial charge in [0.2, 0.25) is 0 Å². The lowest BCUT2D eigenvalue weighted by Gasteiger charge is -2.24. The van der Waals surface area contributed by atoms with Gasteiger partial charge in [-0.3, -0.25) is 4.79 Å². The van der Waals surface area contributed by atoms with Crippen LogP contribution >= 0.6 is 0 Å². The molecule has 116 valence electrons. The summed E-state index contributed by atoms with van der Waals surface area (Å²) in [6.45, 7) is 6.93. The molecular weight excluding hydrogens is 264 g/mol. The second kappa shape index (κ2) is 7.34. The van der Waals surface area contributed by atoms with E-state index < -0.39 is 6.10 Å². The van der Waals surface area contributed by atoms with Crippen molar-refractivity contribution < 1.29 is 9.53 Å². The standard InChI is InChI=1S/C17H26N2O2/c1-4-14(5-2)19-17(20)12(3)21-15-10-6-8-13-9-7-11-18-16(13)15/h6,8,10,12,14,18H,4-5,7,9,11H2,1-3H3,(H,19,20). The summed E-state index contributed by atoms with van der Waals surface area (Å²) in [6.07, 6.45) is 3.60. The summed E-state index contributed by atoms with van der Waals surface area (Å²) < 4.78 is 5.89. The second-order valence-electron chi connectivity index (χ2n) is 5.60. The van der Waals surface area contributed by atoms with Gasteiger partial charge in [-0.05, 0) is 44.2 Å². The Kier molecular flexibility index (Phi) is 5.48. The predicted octanol–water partition coefficient (Wildman–Crippen LogP) is 3.12. The lowest BCUT2D eigenvalue weighted by Crippen LogP contribution is -2.42. The molecule has 0 fully saturated rings. The minimum Gasteiger partial charge on any atom is -0.479 e. The van der Waals surface area contributed by atoms with Gasteiger partial charge in [-0.1, -0.05) is 26.0 Å². The van der Waals surface area contributed by atoms with E-state index >= 15 is 0 Å². The number of hydrogen-bond donors (Lipinski definition) is 2. The van der Waals surface area contributed by atoms with Crippen molar-refractivity contribution in [2.24, 2.45) is 0 Å². The molecule has 0 spiro atoms. The van der Waals surface area contributed by atoms with Gasteiger partial charge in [-0.2, -0.15) is 0 Å².